The van der Waals surface area contributed by atoms with Crippen molar-refractivity contribution in [1.82, 2.24) is 0 Å². The summed E-state index contributed by atoms with van der Waals surface area (Å²) in [5.41, 5.74) is 2.51. The van der Waals surface area contributed by atoms with E-state index < -0.39 is 0 Å². The summed E-state index contributed by atoms with van der Waals surface area (Å²) in [5, 5.41) is 10.2. The summed E-state index contributed by atoms with van der Waals surface area (Å²) < 4.78 is 0. The predicted molar refractivity (Wildman–Crippen MR) is 124 cm³/mol. The van der Waals surface area contributed by atoms with E-state index in [0.29, 0.717) is 22.7 Å². The molecule has 3 saturated carbocycles. The lowest BCUT2D eigenvalue weighted by atomic mass is 9.47. The van der Waals surface area contributed by atoms with Crippen LogP contribution in [0, 0.1) is 52.3 Å². The molecule has 4 aliphatic carbocycles. The highest BCUT2D eigenvalue weighted by Crippen LogP contribution is 2.67. The van der Waals surface area contributed by atoms with E-state index in [9.17, 15) is 5.11 Å². The van der Waals surface area contributed by atoms with E-state index in [-0.39, 0.29) is 6.10 Å². The molecule has 0 saturated heterocycles. The molecule has 1 heteroatoms. The number of hydrogen-bond acceptors (Lipinski definition) is 1. The molecule has 0 aliphatic heterocycles. The van der Waals surface area contributed by atoms with Crippen molar-refractivity contribution in [2.24, 2.45) is 52.3 Å². The van der Waals surface area contributed by atoms with Gasteiger partial charge in [0.15, 0.2) is 0 Å². The van der Waals surface area contributed by atoms with Crippen LogP contribution in [-0.2, 0) is 0 Å². The van der Waals surface area contributed by atoms with Gasteiger partial charge in [-0.3, -0.25) is 0 Å². The van der Waals surface area contributed by atoms with Crippen molar-refractivity contribution in [2.75, 3.05) is 0 Å². The van der Waals surface area contributed by atoms with Crippen LogP contribution in [0.15, 0.2) is 23.8 Å². The third kappa shape index (κ3) is 3.58. The molecule has 3 fully saturated rings. The quantitative estimate of drug-likeness (QED) is 0.489. The van der Waals surface area contributed by atoms with Gasteiger partial charge in [-0.1, -0.05) is 65.3 Å². The molecule has 0 spiro atoms. The first-order valence-electron chi connectivity index (χ1n) is 12.7. The molecule has 0 radical (unpaired) electrons. The Hall–Kier alpha value is -0.560. The van der Waals surface area contributed by atoms with Crippen molar-refractivity contribution in [3.8, 4) is 0 Å². The molecule has 0 aromatic carbocycles. The monoisotopic (exact) mass is 398 g/mol. The molecule has 1 nitrogen and oxygen atoms in total. The van der Waals surface area contributed by atoms with Crippen LogP contribution in [-0.4, -0.2) is 11.2 Å². The Morgan fingerprint density at radius 3 is 2.45 bits per heavy atom. The molecule has 29 heavy (non-hydrogen) atoms. The second-order valence-electron chi connectivity index (χ2n) is 12.2. The standard InChI is InChI=1S/C28H46O/c1-18(2)19(3)7-8-20(4)24-11-12-25-23-10-9-21-17-22(29)13-15-27(21,5)26(23)14-16-28(24,25)6/h7-9,18-20,22-26,29H,10-17H2,1-6H3/b8-7-/t19-,20-,22+,23-,24-,25+,26-,27+,28-/m1/s1. The zero-order chi connectivity index (χ0) is 21.0. The summed E-state index contributed by atoms with van der Waals surface area (Å²) >= 11 is 0. The highest BCUT2D eigenvalue weighted by Gasteiger charge is 2.58. The average molecular weight is 399 g/mol. The van der Waals surface area contributed by atoms with E-state index in [1.807, 2.05) is 0 Å². The van der Waals surface area contributed by atoms with E-state index in [1.165, 1.54) is 38.5 Å². The summed E-state index contributed by atoms with van der Waals surface area (Å²) in [6.07, 6.45) is 17.7. The average Bonchev–Trinajstić information content (AvgIpc) is 3.03. The Morgan fingerprint density at radius 1 is 0.966 bits per heavy atom. The Bertz CT molecular complexity index is 659. The van der Waals surface area contributed by atoms with Gasteiger partial charge in [0, 0.05) is 0 Å². The lowest BCUT2D eigenvalue weighted by molar-refractivity contribution is -0.0540. The lowest BCUT2D eigenvalue weighted by Gasteiger charge is -2.58. The largest absolute Gasteiger partial charge is 0.393 e. The van der Waals surface area contributed by atoms with Crippen molar-refractivity contribution >= 4 is 0 Å². The molecule has 0 aromatic rings. The van der Waals surface area contributed by atoms with Crippen molar-refractivity contribution in [3.05, 3.63) is 23.8 Å². The minimum Gasteiger partial charge on any atom is -0.393 e. The topological polar surface area (TPSA) is 20.2 Å². The Labute approximate surface area is 180 Å². The SMILES string of the molecule is CC(C)[C@H](C)/C=C\[C@@H](C)[C@H]1CC[C@H]2[C@H]3CC=C4C[C@@H](O)CC[C@]4(C)[C@@H]3CC[C@]12C. The molecule has 0 aromatic heterocycles. The molecular formula is C28H46O. The van der Waals surface area contributed by atoms with Gasteiger partial charge in [0.1, 0.15) is 0 Å². The fourth-order valence-corrected chi connectivity index (χ4v) is 8.25. The van der Waals surface area contributed by atoms with E-state index >= 15 is 0 Å². The number of aliphatic hydroxyl groups excluding tert-OH is 1. The van der Waals surface area contributed by atoms with Gasteiger partial charge in [-0.2, -0.15) is 0 Å². The number of hydrogen-bond donors (Lipinski definition) is 1. The first kappa shape index (κ1) is 21.7. The maximum atomic E-state index is 10.2. The normalized spacial score (nSPS) is 46.8. The molecule has 9 atom stereocenters. The molecule has 0 amide bonds. The van der Waals surface area contributed by atoms with Crippen molar-refractivity contribution in [3.63, 3.8) is 0 Å². The van der Waals surface area contributed by atoms with Crippen molar-refractivity contribution in [1.29, 1.82) is 0 Å². The van der Waals surface area contributed by atoms with Crippen LogP contribution in [0.3, 0.4) is 0 Å². The van der Waals surface area contributed by atoms with E-state index in [0.717, 1.165) is 42.4 Å². The minimum absolute atomic E-state index is 0.0866. The van der Waals surface area contributed by atoms with E-state index in [1.54, 1.807) is 5.57 Å². The Balaban J connectivity index is 1.53. The summed E-state index contributed by atoms with van der Waals surface area (Å²) in [4.78, 5) is 0. The highest BCUT2D eigenvalue weighted by atomic mass is 16.3. The maximum Gasteiger partial charge on any atom is 0.0577 e. The van der Waals surface area contributed by atoms with E-state index in [2.05, 4.69) is 59.8 Å². The number of allylic oxidation sites excluding steroid dienone is 3. The third-order valence-corrected chi connectivity index (χ3v) is 10.6. The summed E-state index contributed by atoms with van der Waals surface area (Å²) in [6.45, 7) is 14.7. The van der Waals surface area contributed by atoms with Gasteiger partial charge >= 0.3 is 0 Å². The molecular weight excluding hydrogens is 352 g/mol. The summed E-state index contributed by atoms with van der Waals surface area (Å²) in [6, 6.07) is 0. The number of rotatable bonds is 4. The smallest absolute Gasteiger partial charge is 0.0577 e. The molecule has 4 aliphatic rings. The van der Waals surface area contributed by atoms with Gasteiger partial charge < -0.3 is 5.11 Å². The molecule has 0 bridgehead atoms. The second-order valence-corrected chi connectivity index (χ2v) is 12.2. The summed E-state index contributed by atoms with van der Waals surface area (Å²) in [5.74, 6) is 5.63. The van der Waals surface area contributed by atoms with Crippen LogP contribution in [0.25, 0.3) is 0 Å². The fraction of sp³-hybridized carbons (Fsp3) is 0.857. The minimum atomic E-state index is -0.0866. The lowest BCUT2D eigenvalue weighted by Crippen LogP contribution is -2.50. The third-order valence-electron chi connectivity index (χ3n) is 10.6. The predicted octanol–water partition coefficient (Wildman–Crippen LogP) is 7.41. The van der Waals surface area contributed by atoms with Crippen LogP contribution in [0.4, 0.5) is 0 Å². The fourth-order valence-electron chi connectivity index (χ4n) is 8.25. The van der Waals surface area contributed by atoms with Gasteiger partial charge in [0.25, 0.3) is 0 Å². The Kier molecular flexibility index (Phi) is 5.86. The zero-order valence-corrected chi connectivity index (χ0v) is 20.0. The molecule has 164 valence electrons. The van der Waals surface area contributed by atoms with Crippen LogP contribution in [0.5, 0.6) is 0 Å². The van der Waals surface area contributed by atoms with Crippen LogP contribution >= 0.6 is 0 Å². The van der Waals surface area contributed by atoms with Gasteiger partial charge in [-0.15, -0.1) is 0 Å². The summed E-state index contributed by atoms with van der Waals surface area (Å²) in [7, 11) is 0. The van der Waals surface area contributed by atoms with Crippen LogP contribution in [0.2, 0.25) is 0 Å². The second kappa shape index (κ2) is 7.85. The Morgan fingerprint density at radius 2 is 1.72 bits per heavy atom. The van der Waals surface area contributed by atoms with Crippen LogP contribution in [0.1, 0.15) is 92.9 Å². The zero-order valence-electron chi connectivity index (χ0n) is 20.0. The molecule has 1 N–H and O–H groups in total. The van der Waals surface area contributed by atoms with Gasteiger partial charge in [-0.25, -0.2) is 0 Å². The van der Waals surface area contributed by atoms with Crippen molar-refractivity contribution < 1.29 is 5.11 Å². The van der Waals surface area contributed by atoms with Gasteiger partial charge in [0.05, 0.1) is 6.10 Å². The number of aliphatic hydroxyl groups is 1. The molecule has 0 heterocycles. The van der Waals surface area contributed by atoms with Crippen molar-refractivity contribution in [2.45, 2.75) is 99.0 Å². The number of fused-ring (bicyclic) bond motifs is 5. The van der Waals surface area contributed by atoms with Gasteiger partial charge in [0.2, 0.25) is 0 Å². The van der Waals surface area contributed by atoms with Crippen LogP contribution < -0.4 is 0 Å². The first-order valence-corrected chi connectivity index (χ1v) is 12.7. The highest BCUT2D eigenvalue weighted by molar-refractivity contribution is 5.25. The van der Waals surface area contributed by atoms with E-state index in [4.69, 9.17) is 0 Å². The van der Waals surface area contributed by atoms with Gasteiger partial charge in [-0.05, 0) is 104 Å². The first-order chi connectivity index (χ1) is 13.7. The maximum absolute atomic E-state index is 10.2. The molecule has 0 unspecified atom stereocenters. The molecule has 4 rings (SSSR count).